The summed E-state index contributed by atoms with van der Waals surface area (Å²) >= 11 is 1.99. The summed E-state index contributed by atoms with van der Waals surface area (Å²) in [7, 11) is 0. The van der Waals surface area contributed by atoms with Crippen LogP contribution in [-0.2, 0) is 42.7 Å². The van der Waals surface area contributed by atoms with E-state index in [0.29, 0.717) is 6.04 Å². The van der Waals surface area contributed by atoms with Crippen LogP contribution in [0.4, 0.5) is 0 Å². The minimum atomic E-state index is -0.0882. The third-order valence-corrected chi connectivity index (χ3v) is 7.91. The van der Waals surface area contributed by atoms with E-state index in [4.69, 9.17) is 4.74 Å². The van der Waals surface area contributed by atoms with Crippen LogP contribution in [-0.4, -0.2) is 49.1 Å². The van der Waals surface area contributed by atoms with Gasteiger partial charge < -0.3 is 9.72 Å². The molecule has 0 radical (unpaired) electrons. The number of hydrogen-bond donors (Lipinski definition) is 1. The number of thiophene rings is 1. The van der Waals surface area contributed by atoms with Crippen LogP contribution in [0.2, 0.25) is 0 Å². The summed E-state index contributed by atoms with van der Waals surface area (Å²) in [5.74, 6) is 0. The molecule has 2 atom stereocenters. The normalized spacial score (nSPS) is 24.4. The lowest BCUT2D eigenvalue weighted by Crippen LogP contribution is -2.50. The van der Waals surface area contributed by atoms with E-state index in [1.807, 2.05) is 22.2 Å². The van der Waals surface area contributed by atoms with E-state index in [1.165, 1.54) is 10.4 Å². The summed E-state index contributed by atoms with van der Waals surface area (Å²) in [4.78, 5) is 12.8. The molecule has 8 heteroatoms. The first-order valence-corrected chi connectivity index (χ1v) is 11.8. The predicted molar refractivity (Wildman–Crippen MR) is 116 cm³/mol. The van der Waals surface area contributed by atoms with Crippen molar-refractivity contribution >= 4 is 11.3 Å². The van der Waals surface area contributed by atoms with Crippen molar-refractivity contribution in [2.75, 3.05) is 13.2 Å². The second-order valence-electron chi connectivity index (χ2n) is 8.57. The van der Waals surface area contributed by atoms with E-state index < -0.39 is 0 Å². The molecule has 7 nitrogen and oxygen atoms in total. The Morgan fingerprint density at radius 3 is 3.13 bits per heavy atom. The lowest BCUT2D eigenvalue weighted by atomic mass is 9.79. The molecule has 1 fully saturated rings. The molecule has 5 heterocycles. The van der Waals surface area contributed by atoms with Gasteiger partial charge in [-0.05, 0) is 37.8 Å². The SMILES string of the molecule is CCc1cc2c(s1)CCO[C@@]21CCN(Cc2cn(CCc3cnc[nH]3)nn2)[C@@H](C)C1. The number of nitrogens with one attached hydrogen (secondary N) is 1. The van der Waals surface area contributed by atoms with Crippen molar-refractivity contribution < 1.29 is 4.74 Å². The average Bonchev–Trinajstić information content (AvgIpc) is 3.50. The molecule has 0 aromatic carbocycles. The molecule has 2 aliphatic rings. The average molecular weight is 427 g/mol. The Hall–Kier alpha value is -2.03. The Bertz CT molecular complexity index is 980. The van der Waals surface area contributed by atoms with Crippen molar-refractivity contribution in [3.63, 3.8) is 0 Å². The van der Waals surface area contributed by atoms with Gasteiger partial charge in [0, 0.05) is 66.4 Å². The van der Waals surface area contributed by atoms with E-state index in [0.717, 1.165) is 69.7 Å². The minimum Gasteiger partial charge on any atom is -0.370 e. The molecule has 0 bridgehead atoms. The fraction of sp³-hybridized carbons (Fsp3) is 0.591. The monoisotopic (exact) mass is 426 g/mol. The summed E-state index contributed by atoms with van der Waals surface area (Å²) in [6.07, 6.45) is 10.8. The molecular formula is C22H30N6OS. The molecule has 160 valence electrons. The molecule has 0 aliphatic carbocycles. The third-order valence-electron chi connectivity index (χ3n) is 6.57. The van der Waals surface area contributed by atoms with Gasteiger partial charge in [-0.15, -0.1) is 16.4 Å². The van der Waals surface area contributed by atoms with Gasteiger partial charge in [-0.1, -0.05) is 12.1 Å². The van der Waals surface area contributed by atoms with Gasteiger partial charge in [-0.3, -0.25) is 9.58 Å². The lowest BCUT2D eigenvalue weighted by Gasteiger charge is -2.47. The molecule has 5 rings (SSSR count). The summed E-state index contributed by atoms with van der Waals surface area (Å²) in [5, 5.41) is 8.73. The van der Waals surface area contributed by atoms with Crippen LogP contribution in [0.5, 0.6) is 0 Å². The van der Waals surface area contributed by atoms with E-state index in [-0.39, 0.29) is 5.60 Å². The second-order valence-corrected chi connectivity index (χ2v) is 9.79. The highest BCUT2D eigenvalue weighted by molar-refractivity contribution is 7.12. The fourth-order valence-corrected chi connectivity index (χ4v) is 6.07. The van der Waals surface area contributed by atoms with Crippen LogP contribution in [0.3, 0.4) is 0 Å². The molecule has 1 spiro atoms. The van der Waals surface area contributed by atoms with Crippen LogP contribution < -0.4 is 0 Å². The number of ether oxygens (including phenoxy) is 1. The molecule has 0 amide bonds. The number of fused-ring (bicyclic) bond motifs is 2. The number of aromatic nitrogens is 5. The van der Waals surface area contributed by atoms with Gasteiger partial charge in [0.25, 0.3) is 0 Å². The van der Waals surface area contributed by atoms with Crippen molar-refractivity contribution in [1.82, 2.24) is 29.9 Å². The van der Waals surface area contributed by atoms with Crippen molar-refractivity contribution in [3.05, 3.63) is 51.5 Å². The van der Waals surface area contributed by atoms with Crippen LogP contribution in [0.25, 0.3) is 0 Å². The smallest absolute Gasteiger partial charge is 0.0969 e. The molecule has 3 aromatic rings. The summed E-state index contributed by atoms with van der Waals surface area (Å²) in [6, 6.07) is 2.87. The largest absolute Gasteiger partial charge is 0.370 e. The highest BCUT2D eigenvalue weighted by Crippen LogP contribution is 2.46. The first-order valence-electron chi connectivity index (χ1n) is 11.0. The Morgan fingerprint density at radius 2 is 2.33 bits per heavy atom. The van der Waals surface area contributed by atoms with Crippen molar-refractivity contribution in [2.45, 2.75) is 70.7 Å². The zero-order valence-electron chi connectivity index (χ0n) is 17.8. The number of nitrogens with zero attached hydrogens (tertiary/aromatic N) is 5. The quantitative estimate of drug-likeness (QED) is 0.655. The van der Waals surface area contributed by atoms with Crippen LogP contribution in [0.15, 0.2) is 24.8 Å². The molecule has 3 aromatic heterocycles. The zero-order valence-corrected chi connectivity index (χ0v) is 18.6. The Kier molecular flexibility index (Phi) is 5.47. The number of likely N-dealkylation sites (tertiary alicyclic amines) is 1. The molecule has 2 aliphatic heterocycles. The van der Waals surface area contributed by atoms with E-state index in [1.54, 1.807) is 11.2 Å². The topological polar surface area (TPSA) is 71.9 Å². The van der Waals surface area contributed by atoms with Gasteiger partial charge in [0.15, 0.2) is 0 Å². The van der Waals surface area contributed by atoms with Gasteiger partial charge in [-0.25, -0.2) is 4.98 Å². The van der Waals surface area contributed by atoms with E-state index >= 15 is 0 Å². The van der Waals surface area contributed by atoms with E-state index in [2.05, 4.69) is 51.3 Å². The number of aryl methyl sites for hydroxylation is 3. The number of H-pyrrole nitrogens is 1. The van der Waals surface area contributed by atoms with Gasteiger partial charge >= 0.3 is 0 Å². The van der Waals surface area contributed by atoms with Gasteiger partial charge in [0.05, 0.1) is 24.2 Å². The zero-order chi connectivity index (χ0) is 20.6. The molecule has 1 N–H and O–H groups in total. The van der Waals surface area contributed by atoms with Crippen LogP contribution in [0, 0.1) is 0 Å². The fourth-order valence-electron chi connectivity index (χ4n) is 4.89. The first kappa shape index (κ1) is 19.9. The van der Waals surface area contributed by atoms with Gasteiger partial charge in [0.2, 0.25) is 0 Å². The Balaban J connectivity index is 1.23. The Labute approximate surface area is 181 Å². The molecule has 0 saturated carbocycles. The molecular weight excluding hydrogens is 396 g/mol. The maximum absolute atomic E-state index is 6.47. The minimum absolute atomic E-state index is 0.0882. The highest BCUT2D eigenvalue weighted by Gasteiger charge is 2.44. The van der Waals surface area contributed by atoms with Crippen LogP contribution in [0.1, 0.15) is 53.4 Å². The highest BCUT2D eigenvalue weighted by atomic mass is 32.1. The van der Waals surface area contributed by atoms with E-state index in [9.17, 15) is 0 Å². The molecule has 0 unspecified atom stereocenters. The number of aromatic amines is 1. The van der Waals surface area contributed by atoms with Crippen molar-refractivity contribution in [1.29, 1.82) is 0 Å². The first-order chi connectivity index (χ1) is 14.6. The van der Waals surface area contributed by atoms with Gasteiger partial charge in [0.1, 0.15) is 0 Å². The third kappa shape index (κ3) is 3.84. The van der Waals surface area contributed by atoms with Crippen molar-refractivity contribution in [3.8, 4) is 0 Å². The maximum atomic E-state index is 6.47. The second kappa shape index (κ2) is 8.24. The standard InChI is InChI=1S/C22H30N6OS/c1-3-19-10-20-21(30-19)5-9-29-22(20)6-8-27(16(2)11-22)13-18-14-28(26-25-18)7-4-17-12-23-15-24-17/h10,12,14-16H,3-9,11,13H2,1-2H3,(H,23,24)/t16-,22+/m0/s1. The predicted octanol–water partition coefficient (Wildman–Crippen LogP) is 3.32. The number of imidazole rings is 1. The van der Waals surface area contributed by atoms with Crippen molar-refractivity contribution in [2.24, 2.45) is 0 Å². The van der Waals surface area contributed by atoms with Gasteiger partial charge in [-0.2, -0.15) is 0 Å². The lowest BCUT2D eigenvalue weighted by molar-refractivity contribution is -0.112. The van der Waals surface area contributed by atoms with Crippen LogP contribution >= 0.6 is 11.3 Å². The Morgan fingerprint density at radius 1 is 1.40 bits per heavy atom. The number of piperidine rings is 1. The molecule has 30 heavy (non-hydrogen) atoms. The number of rotatable bonds is 6. The summed E-state index contributed by atoms with van der Waals surface area (Å²) in [6.45, 7) is 8.11. The summed E-state index contributed by atoms with van der Waals surface area (Å²) < 4.78 is 8.40. The summed E-state index contributed by atoms with van der Waals surface area (Å²) in [5.41, 5.74) is 3.55. The molecule has 1 saturated heterocycles. The number of hydrogen-bond acceptors (Lipinski definition) is 6. The maximum Gasteiger partial charge on any atom is 0.0969 e.